The molecule has 9 heteroatoms. The van der Waals surface area contributed by atoms with E-state index in [9.17, 15) is 18.3 Å². The van der Waals surface area contributed by atoms with Gasteiger partial charge in [0.25, 0.3) is 10.0 Å². The van der Waals surface area contributed by atoms with Crippen LogP contribution in [0.1, 0.15) is 23.7 Å². The summed E-state index contributed by atoms with van der Waals surface area (Å²) in [6.07, 6.45) is 2.41. The third kappa shape index (κ3) is 4.69. The standard InChI is InChI=1S/C21H20N2O6S/c1-2-11-29-20-17(7-4-10-22-20)14-5-3-6-16(12-14)30(27,28)23-15-8-9-18(21(25)26)19(24)13-15/h3-10,12-13,23-24H,2,11H2,1H3,(H,25,26). The van der Waals surface area contributed by atoms with Crippen LogP contribution < -0.4 is 9.46 Å². The number of anilines is 1. The van der Waals surface area contributed by atoms with Crippen LogP contribution in [0.15, 0.2) is 65.7 Å². The van der Waals surface area contributed by atoms with Gasteiger partial charge in [-0.1, -0.05) is 19.1 Å². The van der Waals surface area contributed by atoms with Crippen LogP contribution in [0.2, 0.25) is 0 Å². The number of phenols is 1. The van der Waals surface area contributed by atoms with Crippen molar-refractivity contribution in [3.63, 3.8) is 0 Å². The number of aromatic carboxylic acids is 1. The molecule has 0 fully saturated rings. The predicted octanol–water partition coefficient (Wildman–Crippen LogP) is 3.74. The third-order valence-corrected chi connectivity index (χ3v) is 5.53. The van der Waals surface area contributed by atoms with Crippen LogP contribution in [0.4, 0.5) is 5.69 Å². The summed E-state index contributed by atoms with van der Waals surface area (Å²) in [6.45, 7) is 2.46. The molecule has 0 atom stereocenters. The van der Waals surface area contributed by atoms with Gasteiger partial charge in [-0.2, -0.15) is 0 Å². The van der Waals surface area contributed by atoms with E-state index in [0.717, 1.165) is 18.6 Å². The highest BCUT2D eigenvalue weighted by Gasteiger charge is 2.18. The average Bonchev–Trinajstić information content (AvgIpc) is 2.72. The van der Waals surface area contributed by atoms with E-state index in [2.05, 4.69) is 9.71 Å². The first-order valence-electron chi connectivity index (χ1n) is 9.09. The van der Waals surface area contributed by atoms with E-state index in [1.54, 1.807) is 30.5 Å². The fourth-order valence-corrected chi connectivity index (χ4v) is 3.84. The lowest BCUT2D eigenvalue weighted by atomic mass is 10.1. The number of nitrogens with zero attached hydrogens (tertiary/aromatic N) is 1. The van der Waals surface area contributed by atoms with Crippen molar-refractivity contribution in [2.75, 3.05) is 11.3 Å². The highest BCUT2D eigenvalue weighted by molar-refractivity contribution is 7.92. The van der Waals surface area contributed by atoms with Crippen molar-refractivity contribution in [2.24, 2.45) is 0 Å². The average molecular weight is 428 g/mol. The van der Waals surface area contributed by atoms with Crippen molar-refractivity contribution in [2.45, 2.75) is 18.2 Å². The second-order valence-electron chi connectivity index (χ2n) is 6.37. The minimum atomic E-state index is -3.99. The molecule has 1 aromatic heterocycles. The number of aromatic hydroxyl groups is 1. The Morgan fingerprint density at radius 2 is 1.93 bits per heavy atom. The molecule has 0 unspecified atom stereocenters. The van der Waals surface area contributed by atoms with Crippen LogP contribution in [-0.4, -0.2) is 36.2 Å². The fourth-order valence-electron chi connectivity index (χ4n) is 2.75. The molecule has 3 rings (SSSR count). The number of pyridine rings is 1. The Labute approximate surface area is 173 Å². The third-order valence-electron chi connectivity index (χ3n) is 4.15. The first kappa shape index (κ1) is 21.1. The molecule has 0 aliphatic heterocycles. The van der Waals surface area contributed by atoms with Crippen LogP contribution in [0.25, 0.3) is 11.1 Å². The van der Waals surface area contributed by atoms with Crippen molar-refractivity contribution in [3.05, 3.63) is 66.4 Å². The molecule has 0 aliphatic carbocycles. The maximum Gasteiger partial charge on any atom is 0.339 e. The maximum atomic E-state index is 12.8. The number of ether oxygens (including phenoxy) is 1. The van der Waals surface area contributed by atoms with Crippen LogP contribution in [0, 0.1) is 0 Å². The van der Waals surface area contributed by atoms with E-state index < -0.39 is 21.7 Å². The number of carboxylic acid groups (broad SMARTS) is 1. The minimum Gasteiger partial charge on any atom is -0.507 e. The van der Waals surface area contributed by atoms with Gasteiger partial charge >= 0.3 is 5.97 Å². The summed E-state index contributed by atoms with van der Waals surface area (Å²) in [5.41, 5.74) is 0.986. The maximum absolute atomic E-state index is 12.8. The fraction of sp³-hybridized carbons (Fsp3) is 0.143. The van der Waals surface area contributed by atoms with Crippen LogP contribution in [0.5, 0.6) is 11.6 Å². The van der Waals surface area contributed by atoms with Gasteiger partial charge in [0.15, 0.2) is 0 Å². The van der Waals surface area contributed by atoms with Gasteiger partial charge in [0.1, 0.15) is 11.3 Å². The lowest BCUT2D eigenvalue weighted by molar-refractivity contribution is 0.0693. The van der Waals surface area contributed by atoms with E-state index in [4.69, 9.17) is 9.84 Å². The number of hydrogen-bond acceptors (Lipinski definition) is 6. The summed E-state index contributed by atoms with van der Waals surface area (Å²) < 4.78 is 33.6. The highest BCUT2D eigenvalue weighted by Crippen LogP contribution is 2.30. The Kier molecular flexibility index (Phi) is 6.22. The molecule has 8 nitrogen and oxygen atoms in total. The number of carbonyl (C=O) groups is 1. The molecule has 0 saturated heterocycles. The summed E-state index contributed by atoms with van der Waals surface area (Å²) in [4.78, 5) is 15.2. The molecular weight excluding hydrogens is 408 g/mol. The molecule has 2 aromatic carbocycles. The second-order valence-corrected chi connectivity index (χ2v) is 8.06. The zero-order valence-electron chi connectivity index (χ0n) is 16.1. The van der Waals surface area contributed by atoms with Gasteiger partial charge in [-0.15, -0.1) is 0 Å². The van der Waals surface area contributed by atoms with E-state index in [1.165, 1.54) is 18.2 Å². The molecule has 0 spiro atoms. The zero-order valence-corrected chi connectivity index (χ0v) is 16.9. The van der Waals surface area contributed by atoms with Crippen molar-refractivity contribution < 1.29 is 28.2 Å². The molecule has 0 radical (unpaired) electrons. The highest BCUT2D eigenvalue weighted by atomic mass is 32.2. The first-order valence-corrected chi connectivity index (χ1v) is 10.6. The molecule has 1 heterocycles. The van der Waals surface area contributed by atoms with Crippen LogP contribution in [0.3, 0.4) is 0 Å². The normalized spacial score (nSPS) is 11.1. The number of hydrogen-bond donors (Lipinski definition) is 3. The lowest BCUT2D eigenvalue weighted by Gasteiger charge is -2.12. The topological polar surface area (TPSA) is 126 Å². The lowest BCUT2D eigenvalue weighted by Crippen LogP contribution is -2.13. The number of nitrogens with one attached hydrogen (secondary N) is 1. The number of rotatable bonds is 8. The molecule has 0 aliphatic rings. The molecule has 156 valence electrons. The molecule has 0 amide bonds. The van der Waals surface area contributed by atoms with E-state index in [-0.39, 0.29) is 16.1 Å². The number of aromatic nitrogens is 1. The largest absolute Gasteiger partial charge is 0.507 e. The Bertz CT molecular complexity index is 1180. The van der Waals surface area contributed by atoms with E-state index >= 15 is 0 Å². The summed E-state index contributed by atoms with van der Waals surface area (Å²) >= 11 is 0. The Balaban J connectivity index is 1.92. The van der Waals surface area contributed by atoms with Crippen molar-refractivity contribution in [1.82, 2.24) is 4.98 Å². The molecule has 0 bridgehead atoms. The van der Waals surface area contributed by atoms with Gasteiger partial charge in [-0.25, -0.2) is 18.2 Å². The zero-order chi connectivity index (χ0) is 21.7. The van der Waals surface area contributed by atoms with E-state index in [0.29, 0.717) is 23.6 Å². The van der Waals surface area contributed by atoms with Crippen LogP contribution in [-0.2, 0) is 10.0 Å². The van der Waals surface area contributed by atoms with Crippen molar-refractivity contribution in [1.29, 1.82) is 0 Å². The summed E-state index contributed by atoms with van der Waals surface area (Å²) in [5, 5.41) is 18.8. The Morgan fingerprint density at radius 1 is 1.13 bits per heavy atom. The summed E-state index contributed by atoms with van der Waals surface area (Å²) in [6, 6.07) is 13.2. The second kappa shape index (κ2) is 8.83. The predicted molar refractivity (Wildman–Crippen MR) is 111 cm³/mol. The van der Waals surface area contributed by atoms with Gasteiger partial charge in [-0.05, 0) is 48.4 Å². The smallest absolute Gasteiger partial charge is 0.339 e. The number of benzene rings is 2. The van der Waals surface area contributed by atoms with Gasteiger partial charge in [0.05, 0.1) is 17.2 Å². The first-order chi connectivity index (χ1) is 14.3. The molecule has 0 saturated carbocycles. The monoisotopic (exact) mass is 428 g/mol. The molecular formula is C21H20N2O6S. The summed E-state index contributed by atoms with van der Waals surface area (Å²) in [7, 11) is -3.99. The Morgan fingerprint density at radius 3 is 2.63 bits per heavy atom. The molecule has 3 N–H and O–H groups in total. The quantitative estimate of drug-likeness (QED) is 0.499. The molecule has 30 heavy (non-hydrogen) atoms. The SMILES string of the molecule is CCCOc1ncccc1-c1cccc(S(=O)(=O)Nc2ccc(C(=O)O)c(O)c2)c1. The number of sulfonamides is 1. The van der Waals surface area contributed by atoms with Crippen molar-refractivity contribution >= 4 is 21.7 Å². The molecule has 3 aromatic rings. The van der Waals surface area contributed by atoms with E-state index in [1.807, 2.05) is 6.92 Å². The summed E-state index contributed by atoms with van der Waals surface area (Å²) in [5.74, 6) is -1.44. The van der Waals surface area contributed by atoms with Crippen molar-refractivity contribution in [3.8, 4) is 22.8 Å². The Hall–Kier alpha value is -3.59. The van der Waals surface area contributed by atoms with Gasteiger partial charge in [0, 0.05) is 17.8 Å². The van der Waals surface area contributed by atoms with Gasteiger partial charge < -0.3 is 14.9 Å². The van der Waals surface area contributed by atoms with Crippen LogP contribution >= 0.6 is 0 Å². The number of carboxylic acids is 1. The minimum absolute atomic E-state index is 0.00732. The van der Waals surface area contributed by atoms with Gasteiger partial charge in [-0.3, -0.25) is 4.72 Å². The van der Waals surface area contributed by atoms with Gasteiger partial charge in [0.2, 0.25) is 5.88 Å².